The maximum atomic E-state index is 13.9. The van der Waals surface area contributed by atoms with Crippen molar-refractivity contribution in [3.05, 3.63) is 89.8 Å². The van der Waals surface area contributed by atoms with E-state index in [1.807, 2.05) is 48.7 Å². The van der Waals surface area contributed by atoms with Crippen molar-refractivity contribution in [1.82, 2.24) is 9.47 Å². The molecule has 0 bridgehead atoms. The van der Waals surface area contributed by atoms with E-state index in [1.165, 1.54) is 11.0 Å². The molecule has 1 N–H and O–H groups in total. The number of nitrogens with one attached hydrogen (secondary N) is 1. The summed E-state index contributed by atoms with van der Waals surface area (Å²) in [7, 11) is 1.55. The number of methoxy groups -OCH3 is 1. The van der Waals surface area contributed by atoms with E-state index in [2.05, 4.69) is 9.88 Å². The molecule has 3 aromatic rings. The van der Waals surface area contributed by atoms with Crippen LogP contribution in [-0.2, 0) is 17.8 Å². The Labute approximate surface area is 168 Å². The zero-order valence-corrected chi connectivity index (χ0v) is 16.1. The van der Waals surface area contributed by atoms with Gasteiger partial charge in [0.15, 0.2) is 0 Å². The molecule has 7 heteroatoms. The number of rotatable bonds is 8. The molecule has 2 aromatic carbocycles. The van der Waals surface area contributed by atoms with Crippen LogP contribution in [0.2, 0.25) is 0 Å². The molecule has 5 nitrogen and oxygen atoms in total. The first kappa shape index (κ1) is 20.5. The van der Waals surface area contributed by atoms with Crippen LogP contribution in [0, 0.1) is 11.6 Å². The fraction of sp³-hybridized carbons (Fsp3) is 0.227. The highest BCUT2D eigenvalue weighted by Gasteiger charge is 2.17. The molecule has 29 heavy (non-hydrogen) atoms. The highest BCUT2D eigenvalue weighted by molar-refractivity contribution is 5.89. The van der Waals surface area contributed by atoms with Gasteiger partial charge in [0.2, 0.25) is 0 Å². The van der Waals surface area contributed by atoms with E-state index in [-0.39, 0.29) is 5.69 Å². The van der Waals surface area contributed by atoms with E-state index in [4.69, 9.17) is 4.74 Å². The van der Waals surface area contributed by atoms with Crippen LogP contribution in [0.5, 0.6) is 0 Å². The van der Waals surface area contributed by atoms with Crippen molar-refractivity contribution in [1.29, 1.82) is 0 Å². The Hall–Kier alpha value is -3.19. The Morgan fingerprint density at radius 1 is 1.10 bits per heavy atom. The molecule has 0 fully saturated rings. The maximum absolute atomic E-state index is 13.9. The van der Waals surface area contributed by atoms with Crippen LogP contribution in [0.15, 0.2) is 66.9 Å². The van der Waals surface area contributed by atoms with Crippen LogP contribution in [-0.4, -0.2) is 35.8 Å². The van der Waals surface area contributed by atoms with Crippen LogP contribution >= 0.6 is 0 Å². The monoisotopic (exact) mass is 399 g/mol. The summed E-state index contributed by atoms with van der Waals surface area (Å²) in [5.74, 6) is -1.52. The van der Waals surface area contributed by atoms with Gasteiger partial charge in [-0.05, 0) is 29.8 Å². The number of ether oxygens (including phenoxy) is 1. The van der Waals surface area contributed by atoms with Crippen LogP contribution in [0.1, 0.15) is 11.3 Å². The van der Waals surface area contributed by atoms with Crippen molar-refractivity contribution in [3.63, 3.8) is 0 Å². The predicted molar refractivity (Wildman–Crippen MR) is 108 cm³/mol. The van der Waals surface area contributed by atoms with E-state index < -0.39 is 17.7 Å². The van der Waals surface area contributed by atoms with Crippen molar-refractivity contribution in [3.8, 4) is 0 Å². The largest absolute Gasteiger partial charge is 0.383 e. The molecular weight excluding hydrogens is 376 g/mol. The van der Waals surface area contributed by atoms with Gasteiger partial charge in [-0.1, -0.05) is 30.3 Å². The summed E-state index contributed by atoms with van der Waals surface area (Å²) in [5, 5.41) is 2.51. The molecule has 0 aliphatic carbocycles. The second kappa shape index (κ2) is 9.84. The smallest absolute Gasteiger partial charge is 0.322 e. The minimum Gasteiger partial charge on any atom is -0.383 e. The third-order valence-electron chi connectivity index (χ3n) is 4.50. The molecule has 152 valence electrons. The molecule has 3 rings (SSSR count). The first-order valence-corrected chi connectivity index (χ1v) is 9.24. The Balaban J connectivity index is 1.74. The lowest BCUT2D eigenvalue weighted by Crippen LogP contribution is -2.37. The molecule has 0 aliphatic rings. The fourth-order valence-electron chi connectivity index (χ4n) is 2.96. The predicted octanol–water partition coefficient (Wildman–Crippen LogP) is 4.50. The van der Waals surface area contributed by atoms with E-state index in [1.54, 1.807) is 7.11 Å². The summed E-state index contributed by atoms with van der Waals surface area (Å²) in [4.78, 5) is 14.3. The van der Waals surface area contributed by atoms with Crippen LogP contribution < -0.4 is 5.32 Å². The topological polar surface area (TPSA) is 46.5 Å². The summed E-state index contributed by atoms with van der Waals surface area (Å²) in [5.41, 5.74) is 2.00. The number of anilines is 1. The molecule has 0 saturated carbocycles. The van der Waals surface area contributed by atoms with Gasteiger partial charge in [-0.15, -0.1) is 0 Å². The van der Waals surface area contributed by atoms with E-state index >= 15 is 0 Å². The van der Waals surface area contributed by atoms with Gasteiger partial charge in [-0.2, -0.15) is 0 Å². The summed E-state index contributed by atoms with van der Waals surface area (Å²) >= 11 is 0. The Bertz CT molecular complexity index is 944. The molecule has 0 spiro atoms. The normalized spacial score (nSPS) is 10.7. The van der Waals surface area contributed by atoms with Gasteiger partial charge in [0.05, 0.1) is 18.8 Å². The van der Waals surface area contributed by atoms with Gasteiger partial charge in [0.25, 0.3) is 0 Å². The molecule has 1 heterocycles. The second-order valence-electron chi connectivity index (χ2n) is 6.58. The molecular formula is C22H23F2N3O2. The average molecular weight is 399 g/mol. The zero-order valence-electron chi connectivity index (χ0n) is 16.1. The van der Waals surface area contributed by atoms with Gasteiger partial charge in [0.1, 0.15) is 11.6 Å². The number of carbonyl (C=O) groups excluding carboxylic acids is 1. The van der Waals surface area contributed by atoms with Gasteiger partial charge >= 0.3 is 6.03 Å². The minimum absolute atomic E-state index is 0.0708. The average Bonchev–Trinajstić information content (AvgIpc) is 3.14. The molecule has 0 aliphatic heterocycles. The Morgan fingerprint density at radius 3 is 2.62 bits per heavy atom. The van der Waals surface area contributed by atoms with E-state index in [0.717, 1.165) is 23.4 Å². The first-order chi connectivity index (χ1) is 14.1. The first-order valence-electron chi connectivity index (χ1n) is 9.24. The molecule has 1 aromatic heterocycles. The molecule has 0 radical (unpaired) electrons. The quantitative estimate of drug-likeness (QED) is 0.606. The standard InChI is InChI=1S/C22H23F2N3O2/c1-29-13-12-27(22(28)25-21-10-9-18(23)14-20(21)24)16-19-8-5-11-26(19)15-17-6-3-2-4-7-17/h2-11,14H,12-13,15-16H2,1H3,(H,25,28). The number of hydrogen-bond donors (Lipinski definition) is 1. The number of urea groups is 1. The Kier molecular flexibility index (Phi) is 6.97. The number of halogens is 2. The zero-order chi connectivity index (χ0) is 20.6. The number of aromatic nitrogens is 1. The van der Waals surface area contributed by atoms with Crippen molar-refractivity contribution >= 4 is 11.7 Å². The lowest BCUT2D eigenvalue weighted by Gasteiger charge is -2.24. The summed E-state index contributed by atoms with van der Waals surface area (Å²) in [6.45, 7) is 1.65. The number of carbonyl (C=O) groups is 1. The van der Waals surface area contributed by atoms with Crippen molar-refractivity contribution in [2.75, 3.05) is 25.6 Å². The van der Waals surface area contributed by atoms with E-state index in [9.17, 15) is 13.6 Å². The Morgan fingerprint density at radius 2 is 1.90 bits per heavy atom. The van der Waals surface area contributed by atoms with Crippen LogP contribution in [0.3, 0.4) is 0 Å². The number of benzene rings is 2. The molecule has 0 unspecified atom stereocenters. The summed E-state index contributed by atoms with van der Waals surface area (Å²) in [6, 6.07) is 16.4. The van der Waals surface area contributed by atoms with Crippen LogP contribution in [0.25, 0.3) is 0 Å². The maximum Gasteiger partial charge on any atom is 0.322 e. The number of nitrogens with zero attached hydrogens (tertiary/aromatic N) is 2. The lowest BCUT2D eigenvalue weighted by molar-refractivity contribution is 0.151. The third-order valence-corrected chi connectivity index (χ3v) is 4.50. The number of hydrogen-bond acceptors (Lipinski definition) is 2. The van der Waals surface area contributed by atoms with Gasteiger partial charge in [-0.3, -0.25) is 0 Å². The summed E-state index contributed by atoms with van der Waals surface area (Å²) < 4.78 is 34.2. The highest BCUT2D eigenvalue weighted by Crippen LogP contribution is 2.17. The van der Waals surface area contributed by atoms with E-state index in [0.29, 0.717) is 26.2 Å². The van der Waals surface area contributed by atoms with Gasteiger partial charge in [-0.25, -0.2) is 13.6 Å². The van der Waals surface area contributed by atoms with Gasteiger partial charge in [0, 0.05) is 38.2 Å². The minimum atomic E-state index is -0.822. The fourth-order valence-corrected chi connectivity index (χ4v) is 2.96. The SMILES string of the molecule is COCCN(Cc1cccn1Cc1ccccc1)C(=O)Nc1ccc(F)cc1F. The van der Waals surface area contributed by atoms with Gasteiger partial charge < -0.3 is 19.5 Å². The third kappa shape index (κ3) is 5.65. The van der Waals surface area contributed by atoms with Crippen molar-refractivity contribution < 1.29 is 18.3 Å². The number of amides is 2. The molecule has 0 atom stereocenters. The van der Waals surface area contributed by atoms with Crippen molar-refractivity contribution in [2.45, 2.75) is 13.1 Å². The lowest BCUT2D eigenvalue weighted by atomic mass is 10.2. The molecule has 0 saturated heterocycles. The van der Waals surface area contributed by atoms with Crippen LogP contribution in [0.4, 0.5) is 19.3 Å². The second-order valence-corrected chi connectivity index (χ2v) is 6.58. The summed E-state index contributed by atoms with van der Waals surface area (Å²) in [6.07, 6.45) is 1.95. The van der Waals surface area contributed by atoms with Crippen molar-refractivity contribution in [2.24, 2.45) is 0 Å². The highest BCUT2D eigenvalue weighted by atomic mass is 19.1. The molecule has 2 amide bonds.